The van der Waals surface area contributed by atoms with Crippen LogP contribution in [-0.4, -0.2) is 17.9 Å². The fourth-order valence-corrected chi connectivity index (χ4v) is 2.54. The SMILES string of the molecule is Cc1cccc(C(=O)N(C)Cc2cccc(C#N)c2)c1Br. The second kappa shape index (κ2) is 6.55. The maximum atomic E-state index is 12.5. The summed E-state index contributed by atoms with van der Waals surface area (Å²) in [5.74, 6) is -0.0482. The minimum absolute atomic E-state index is 0.0482. The van der Waals surface area contributed by atoms with Gasteiger partial charge >= 0.3 is 0 Å². The van der Waals surface area contributed by atoms with Gasteiger partial charge in [0.15, 0.2) is 0 Å². The number of hydrogen-bond donors (Lipinski definition) is 0. The van der Waals surface area contributed by atoms with E-state index >= 15 is 0 Å². The summed E-state index contributed by atoms with van der Waals surface area (Å²) in [7, 11) is 1.76. The van der Waals surface area contributed by atoms with Crippen LogP contribution in [0.4, 0.5) is 0 Å². The first-order valence-corrected chi connectivity index (χ1v) is 7.32. The Morgan fingerprint density at radius 1 is 1.29 bits per heavy atom. The molecule has 106 valence electrons. The third kappa shape index (κ3) is 3.50. The maximum Gasteiger partial charge on any atom is 0.255 e. The van der Waals surface area contributed by atoms with Gasteiger partial charge in [0.1, 0.15) is 0 Å². The number of hydrogen-bond acceptors (Lipinski definition) is 2. The van der Waals surface area contributed by atoms with Crippen molar-refractivity contribution in [2.75, 3.05) is 7.05 Å². The average molecular weight is 343 g/mol. The van der Waals surface area contributed by atoms with Crippen LogP contribution in [-0.2, 0) is 6.54 Å². The van der Waals surface area contributed by atoms with Gasteiger partial charge in [0.2, 0.25) is 0 Å². The second-order valence-corrected chi connectivity index (χ2v) is 5.70. The lowest BCUT2D eigenvalue weighted by atomic mass is 10.1. The van der Waals surface area contributed by atoms with Crippen LogP contribution in [0.5, 0.6) is 0 Å². The van der Waals surface area contributed by atoms with E-state index in [2.05, 4.69) is 22.0 Å². The first kappa shape index (κ1) is 15.3. The van der Waals surface area contributed by atoms with E-state index in [0.29, 0.717) is 17.7 Å². The smallest absolute Gasteiger partial charge is 0.255 e. The summed E-state index contributed by atoms with van der Waals surface area (Å²) in [5, 5.41) is 8.91. The number of aryl methyl sites for hydroxylation is 1. The van der Waals surface area contributed by atoms with Crippen LogP contribution in [0.25, 0.3) is 0 Å². The molecular weight excluding hydrogens is 328 g/mol. The molecule has 0 saturated carbocycles. The minimum atomic E-state index is -0.0482. The molecule has 0 unspecified atom stereocenters. The number of nitrogens with zero attached hydrogens (tertiary/aromatic N) is 2. The molecule has 0 atom stereocenters. The van der Waals surface area contributed by atoms with Crippen LogP contribution in [0, 0.1) is 18.3 Å². The molecule has 0 N–H and O–H groups in total. The number of nitriles is 1. The van der Waals surface area contributed by atoms with E-state index in [1.807, 2.05) is 37.3 Å². The average Bonchev–Trinajstić information content (AvgIpc) is 2.49. The molecular formula is C17H15BrN2O. The fourth-order valence-electron chi connectivity index (χ4n) is 2.10. The predicted octanol–water partition coefficient (Wildman–Crippen LogP) is 3.90. The summed E-state index contributed by atoms with van der Waals surface area (Å²) in [6.45, 7) is 2.42. The van der Waals surface area contributed by atoms with Crippen molar-refractivity contribution in [3.63, 3.8) is 0 Å². The van der Waals surface area contributed by atoms with Crippen LogP contribution >= 0.6 is 15.9 Å². The van der Waals surface area contributed by atoms with Gasteiger partial charge in [-0.3, -0.25) is 4.79 Å². The van der Waals surface area contributed by atoms with Crippen molar-refractivity contribution in [3.05, 3.63) is 69.2 Å². The zero-order chi connectivity index (χ0) is 15.4. The molecule has 2 aromatic rings. The van der Waals surface area contributed by atoms with Crippen molar-refractivity contribution in [2.45, 2.75) is 13.5 Å². The van der Waals surface area contributed by atoms with Crippen molar-refractivity contribution in [3.8, 4) is 6.07 Å². The number of carbonyl (C=O) groups is 1. The lowest BCUT2D eigenvalue weighted by Gasteiger charge is -2.18. The molecule has 0 fully saturated rings. The second-order valence-electron chi connectivity index (χ2n) is 4.91. The molecule has 0 radical (unpaired) electrons. The summed E-state index contributed by atoms with van der Waals surface area (Å²) in [6, 6.07) is 15.0. The molecule has 2 rings (SSSR count). The quantitative estimate of drug-likeness (QED) is 0.848. The first-order valence-electron chi connectivity index (χ1n) is 6.52. The molecule has 4 heteroatoms. The molecule has 2 aromatic carbocycles. The van der Waals surface area contributed by atoms with Crippen molar-refractivity contribution in [2.24, 2.45) is 0 Å². The van der Waals surface area contributed by atoms with Crippen LogP contribution in [0.1, 0.15) is 27.0 Å². The van der Waals surface area contributed by atoms with Gasteiger partial charge in [-0.05, 0) is 52.2 Å². The van der Waals surface area contributed by atoms with E-state index in [1.165, 1.54) is 0 Å². The van der Waals surface area contributed by atoms with E-state index in [1.54, 1.807) is 24.1 Å². The molecule has 0 saturated heterocycles. The standard InChI is InChI=1S/C17H15BrN2O/c1-12-5-3-8-15(16(12)18)17(21)20(2)11-14-7-4-6-13(9-14)10-19/h3-9H,11H2,1-2H3. The van der Waals surface area contributed by atoms with E-state index in [-0.39, 0.29) is 5.91 Å². The number of halogens is 1. The normalized spacial score (nSPS) is 10.0. The zero-order valence-corrected chi connectivity index (χ0v) is 13.5. The number of rotatable bonds is 3. The van der Waals surface area contributed by atoms with E-state index < -0.39 is 0 Å². The van der Waals surface area contributed by atoms with Crippen molar-refractivity contribution in [1.82, 2.24) is 4.90 Å². The molecule has 0 spiro atoms. The highest BCUT2D eigenvalue weighted by molar-refractivity contribution is 9.10. The molecule has 3 nitrogen and oxygen atoms in total. The van der Waals surface area contributed by atoms with Gasteiger partial charge in [-0.1, -0.05) is 24.3 Å². The molecule has 1 amide bonds. The lowest BCUT2D eigenvalue weighted by Crippen LogP contribution is -2.26. The molecule has 0 heterocycles. The molecule has 0 bridgehead atoms. The Hall–Kier alpha value is -2.12. The van der Waals surface area contributed by atoms with E-state index in [9.17, 15) is 4.79 Å². The highest BCUT2D eigenvalue weighted by Crippen LogP contribution is 2.22. The van der Waals surface area contributed by atoms with Crippen LogP contribution < -0.4 is 0 Å². The largest absolute Gasteiger partial charge is 0.337 e. The Kier molecular flexibility index (Phi) is 4.77. The van der Waals surface area contributed by atoms with Crippen LogP contribution in [0.15, 0.2) is 46.9 Å². The number of benzene rings is 2. The monoisotopic (exact) mass is 342 g/mol. The lowest BCUT2D eigenvalue weighted by molar-refractivity contribution is 0.0784. The zero-order valence-electron chi connectivity index (χ0n) is 11.9. The number of amides is 1. The molecule has 0 aliphatic heterocycles. The fraction of sp³-hybridized carbons (Fsp3) is 0.176. The minimum Gasteiger partial charge on any atom is -0.337 e. The Bertz CT molecular complexity index is 719. The van der Waals surface area contributed by atoms with E-state index in [0.717, 1.165) is 15.6 Å². The van der Waals surface area contributed by atoms with Gasteiger partial charge in [0.05, 0.1) is 17.2 Å². The highest BCUT2D eigenvalue weighted by atomic mass is 79.9. The third-order valence-electron chi connectivity index (χ3n) is 3.24. The molecule has 0 aliphatic carbocycles. The van der Waals surface area contributed by atoms with Crippen molar-refractivity contribution in [1.29, 1.82) is 5.26 Å². The van der Waals surface area contributed by atoms with Gasteiger partial charge < -0.3 is 4.90 Å². The van der Waals surface area contributed by atoms with Crippen molar-refractivity contribution < 1.29 is 4.79 Å². The summed E-state index contributed by atoms with van der Waals surface area (Å²) in [6.07, 6.45) is 0. The maximum absolute atomic E-state index is 12.5. The molecule has 21 heavy (non-hydrogen) atoms. The Morgan fingerprint density at radius 2 is 2.00 bits per heavy atom. The summed E-state index contributed by atoms with van der Waals surface area (Å²) < 4.78 is 0.827. The van der Waals surface area contributed by atoms with Crippen molar-refractivity contribution >= 4 is 21.8 Å². The molecule has 0 aromatic heterocycles. The van der Waals surface area contributed by atoms with Gasteiger partial charge in [-0.15, -0.1) is 0 Å². The Labute approximate surface area is 132 Å². The highest BCUT2D eigenvalue weighted by Gasteiger charge is 2.16. The summed E-state index contributed by atoms with van der Waals surface area (Å²) >= 11 is 3.47. The van der Waals surface area contributed by atoms with Crippen LogP contribution in [0.2, 0.25) is 0 Å². The number of carbonyl (C=O) groups excluding carboxylic acids is 1. The van der Waals surface area contributed by atoms with Gasteiger partial charge in [-0.25, -0.2) is 0 Å². The van der Waals surface area contributed by atoms with Gasteiger partial charge in [0, 0.05) is 18.1 Å². The Morgan fingerprint density at radius 3 is 2.71 bits per heavy atom. The predicted molar refractivity (Wildman–Crippen MR) is 85.8 cm³/mol. The third-order valence-corrected chi connectivity index (χ3v) is 4.30. The summed E-state index contributed by atoms with van der Waals surface area (Å²) in [4.78, 5) is 14.2. The molecule has 0 aliphatic rings. The Balaban J connectivity index is 2.20. The van der Waals surface area contributed by atoms with Crippen LogP contribution in [0.3, 0.4) is 0 Å². The summed E-state index contributed by atoms with van der Waals surface area (Å²) in [5.41, 5.74) is 3.22. The van der Waals surface area contributed by atoms with Gasteiger partial charge in [-0.2, -0.15) is 5.26 Å². The first-order chi connectivity index (χ1) is 10.0. The topological polar surface area (TPSA) is 44.1 Å². The van der Waals surface area contributed by atoms with Gasteiger partial charge in [0.25, 0.3) is 5.91 Å². The van der Waals surface area contributed by atoms with E-state index in [4.69, 9.17) is 5.26 Å².